The number of aliphatic imine (C=N–C) groups is 1. The first-order valence-electron chi connectivity index (χ1n) is 7.93. The number of carbonyl (C=O) groups is 2. The fourth-order valence-electron chi connectivity index (χ4n) is 1.91. The second-order valence-corrected chi connectivity index (χ2v) is 6.39. The van der Waals surface area contributed by atoms with Gasteiger partial charge in [-0.1, -0.05) is 12.1 Å². The third kappa shape index (κ3) is 8.59. The topological polar surface area (TPSA) is 104 Å². The van der Waals surface area contributed by atoms with Crippen LogP contribution in [-0.4, -0.2) is 44.2 Å². The van der Waals surface area contributed by atoms with Crippen LogP contribution in [0.5, 0.6) is 0 Å². The molecule has 0 unspecified atom stereocenters. The summed E-state index contributed by atoms with van der Waals surface area (Å²) < 4.78 is 4.54. The molecule has 4 N–H and O–H groups in total. The first-order chi connectivity index (χ1) is 11.7. The number of hydrogen-bond donors (Lipinski definition) is 4. The van der Waals surface area contributed by atoms with Gasteiger partial charge in [0.05, 0.1) is 13.7 Å². The molecule has 0 aliphatic rings. The largest absolute Gasteiger partial charge is 0.453 e. The molecule has 1 aromatic carbocycles. The summed E-state index contributed by atoms with van der Waals surface area (Å²) in [7, 11) is 2.95. The van der Waals surface area contributed by atoms with E-state index in [-0.39, 0.29) is 18.0 Å². The Morgan fingerprint density at radius 1 is 1.12 bits per heavy atom. The molecule has 138 valence electrons. The van der Waals surface area contributed by atoms with Crippen molar-refractivity contribution in [1.29, 1.82) is 0 Å². The van der Waals surface area contributed by atoms with Crippen LogP contribution in [0.25, 0.3) is 0 Å². The standard InChI is InChI=1S/C17H27N5O3/c1-17(2,3)22-14(23)11-20-15(18-4)19-10-12-6-8-13(9-7-12)21-16(24)25-5/h6-9H,10-11H2,1-5H3,(H,21,24)(H,22,23)(H2,18,19,20). The van der Waals surface area contributed by atoms with Crippen molar-refractivity contribution < 1.29 is 14.3 Å². The lowest BCUT2D eigenvalue weighted by molar-refractivity contribution is -0.121. The Kier molecular flexibility index (Phi) is 7.71. The van der Waals surface area contributed by atoms with Crippen LogP contribution < -0.4 is 21.3 Å². The predicted molar refractivity (Wildman–Crippen MR) is 98.6 cm³/mol. The van der Waals surface area contributed by atoms with Crippen molar-refractivity contribution in [3.63, 3.8) is 0 Å². The average Bonchev–Trinajstić information content (AvgIpc) is 2.54. The summed E-state index contributed by atoms with van der Waals surface area (Å²) >= 11 is 0. The highest BCUT2D eigenvalue weighted by Gasteiger charge is 2.13. The molecule has 0 radical (unpaired) electrons. The van der Waals surface area contributed by atoms with Gasteiger partial charge in [-0.2, -0.15) is 0 Å². The van der Waals surface area contributed by atoms with Gasteiger partial charge in [-0.25, -0.2) is 4.79 Å². The minimum absolute atomic E-state index is 0.103. The van der Waals surface area contributed by atoms with E-state index in [0.29, 0.717) is 18.2 Å². The first-order valence-corrected chi connectivity index (χ1v) is 7.93. The van der Waals surface area contributed by atoms with E-state index in [9.17, 15) is 9.59 Å². The Morgan fingerprint density at radius 3 is 2.28 bits per heavy atom. The van der Waals surface area contributed by atoms with Gasteiger partial charge in [0.2, 0.25) is 5.91 Å². The number of benzene rings is 1. The maximum Gasteiger partial charge on any atom is 0.411 e. The molecule has 0 saturated heterocycles. The van der Waals surface area contributed by atoms with Gasteiger partial charge in [-0.3, -0.25) is 15.1 Å². The molecular weight excluding hydrogens is 322 g/mol. The van der Waals surface area contributed by atoms with Crippen LogP contribution in [0.3, 0.4) is 0 Å². The molecule has 0 atom stereocenters. The highest BCUT2D eigenvalue weighted by molar-refractivity contribution is 5.86. The molecule has 25 heavy (non-hydrogen) atoms. The number of hydrogen-bond acceptors (Lipinski definition) is 4. The number of carbonyl (C=O) groups excluding carboxylic acids is 2. The molecule has 8 nitrogen and oxygen atoms in total. The monoisotopic (exact) mass is 349 g/mol. The minimum atomic E-state index is -0.510. The quantitative estimate of drug-likeness (QED) is 0.476. The SMILES string of the molecule is CN=C(NCC(=O)NC(C)(C)C)NCc1ccc(NC(=O)OC)cc1. The summed E-state index contributed by atoms with van der Waals surface area (Å²) in [5, 5.41) is 11.5. The normalized spacial score (nSPS) is 11.5. The molecule has 0 saturated carbocycles. The summed E-state index contributed by atoms with van der Waals surface area (Å²) in [6.07, 6.45) is -0.510. The van der Waals surface area contributed by atoms with E-state index in [1.807, 2.05) is 32.9 Å². The minimum Gasteiger partial charge on any atom is -0.453 e. The number of rotatable bonds is 5. The van der Waals surface area contributed by atoms with Gasteiger partial charge in [0.15, 0.2) is 5.96 Å². The lowest BCUT2D eigenvalue weighted by atomic mass is 10.1. The van der Waals surface area contributed by atoms with Crippen LogP contribution >= 0.6 is 0 Å². The van der Waals surface area contributed by atoms with Crippen LogP contribution in [0.1, 0.15) is 26.3 Å². The molecule has 8 heteroatoms. The smallest absolute Gasteiger partial charge is 0.411 e. The summed E-state index contributed by atoms with van der Waals surface area (Å²) in [5.74, 6) is 0.425. The van der Waals surface area contributed by atoms with Gasteiger partial charge in [0.25, 0.3) is 0 Å². The van der Waals surface area contributed by atoms with E-state index >= 15 is 0 Å². The Morgan fingerprint density at radius 2 is 1.76 bits per heavy atom. The van der Waals surface area contributed by atoms with Crippen molar-refractivity contribution in [3.8, 4) is 0 Å². The van der Waals surface area contributed by atoms with E-state index in [0.717, 1.165) is 5.56 Å². The maximum atomic E-state index is 11.8. The van der Waals surface area contributed by atoms with E-state index in [2.05, 4.69) is 31.0 Å². The molecule has 0 aromatic heterocycles. The number of methoxy groups -OCH3 is 1. The van der Waals surface area contributed by atoms with Gasteiger partial charge in [-0.05, 0) is 38.5 Å². The number of ether oxygens (including phenoxy) is 1. The van der Waals surface area contributed by atoms with Crippen molar-refractivity contribution in [3.05, 3.63) is 29.8 Å². The summed E-state index contributed by atoms with van der Waals surface area (Å²) in [4.78, 5) is 27.0. The van der Waals surface area contributed by atoms with Gasteiger partial charge < -0.3 is 20.7 Å². The lowest BCUT2D eigenvalue weighted by Crippen LogP contribution is -2.48. The zero-order valence-corrected chi connectivity index (χ0v) is 15.4. The third-order valence-corrected chi connectivity index (χ3v) is 3.00. The molecule has 0 spiro atoms. The molecule has 1 rings (SSSR count). The molecule has 2 amide bonds. The van der Waals surface area contributed by atoms with Gasteiger partial charge in [0, 0.05) is 24.8 Å². The average molecular weight is 349 g/mol. The zero-order chi connectivity index (χ0) is 18.9. The predicted octanol–water partition coefficient (Wildman–Crippen LogP) is 1.44. The number of nitrogens with zero attached hydrogens (tertiary/aromatic N) is 1. The molecule has 0 aliphatic heterocycles. The highest BCUT2D eigenvalue weighted by atomic mass is 16.5. The van der Waals surface area contributed by atoms with Crippen LogP contribution in [0.15, 0.2) is 29.3 Å². The second-order valence-electron chi connectivity index (χ2n) is 6.39. The van der Waals surface area contributed by atoms with E-state index < -0.39 is 6.09 Å². The molecule has 0 bridgehead atoms. The zero-order valence-electron chi connectivity index (χ0n) is 15.4. The number of nitrogens with one attached hydrogen (secondary N) is 4. The fraction of sp³-hybridized carbons (Fsp3) is 0.471. The third-order valence-electron chi connectivity index (χ3n) is 3.00. The van der Waals surface area contributed by atoms with Gasteiger partial charge >= 0.3 is 6.09 Å². The van der Waals surface area contributed by atoms with Crippen molar-refractivity contribution in [2.24, 2.45) is 4.99 Å². The van der Waals surface area contributed by atoms with Gasteiger partial charge in [-0.15, -0.1) is 0 Å². The van der Waals surface area contributed by atoms with Crippen LogP contribution in [0.4, 0.5) is 10.5 Å². The van der Waals surface area contributed by atoms with Crippen LogP contribution in [0, 0.1) is 0 Å². The molecule has 0 heterocycles. The summed E-state index contributed by atoms with van der Waals surface area (Å²) in [6.45, 7) is 6.45. The Hall–Kier alpha value is -2.77. The van der Waals surface area contributed by atoms with Gasteiger partial charge in [0.1, 0.15) is 0 Å². The van der Waals surface area contributed by atoms with Crippen LogP contribution in [-0.2, 0) is 16.1 Å². The Bertz CT molecular complexity index is 606. The number of anilines is 1. The van der Waals surface area contributed by atoms with Crippen LogP contribution in [0.2, 0.25) is 0 Å². The van der Waals surface area contributed by atoms with E-state index in [4.69, 9.17) is 0 Å². The number of guanidine groups is 1. The Labute approximate surface area is 148 Å². The van der Waals surface area contributed by atoms with Crippen molar-refractivity contribution in [1.82, 2.24) is 16.0 Å². The second kappa shape index (κ2) is 9.51. The van der Waals surface area contributed by atoms with Crippen molar-refractivity contribution in [2.45, 2.75) is 32.9 Å². The molecule has 0 fully saturated rings. The Balaban J connectivity index is 2.44. The maximum absolute atomic E-state index is 11.8. The van der Waals surface area contributed by atoms with E-state index in [1.165, 1.54) is 7.11 Å². The fourth-order valence-corrected chi connectivity index (χ4v) is 1.91. The first kappa shape index (κ1) is 20.3. The summed E-state index contributed by atoms with van der Waals surface area (Å²) in [6, 6.07) is 7.30. The molecule has 1 aromatic rings. The number of amides is 2. The highest BCUT2D eigenvalue weighted by Crippen LogP contribution is 2.09. The van der Waals surface area contributed by atoms with Crippen molar-refractivity contribution >= 4 is 23.6 Å². The summed E-state index contributed by atoms with van der Waals surface area (Å²) in [5.41, 5.74) is 1.38. The lowest BCUT2D eigenvalue weighted by Gasteiger charge is -2.21. The van der Waals surface area contributed by atoms with E-state index in [1.54, 1.807) is 19.2 Å². The molecular formula is C17H27N5O3. The molecule has 0 aliphatic carbocycles. The van der Waals surface area contributed by atoms with Crippen molar-refractivity contribution in [2.75, 3.05) is 26.0 Å².